The fourth-order valence-electron chi connectivity index (χ4n) is 1.98. The lowest BCUT2D eigenvalue weighted by atomic mass is 10.1. The van der Waals surface area contributed by atoms with Crippen LogP contribution in [-0.2, 0) is 9.59 Å². The Balaban J connectivity index is 0.00000256. The van der Waals surface area contributed by atoms with Gasteiger partial charge in [-0.2, -0.15) is 0 Å². The molecule has 2 amide bonds. The van der Waals surface area contributed by atoms with Gasteiger partial charge < -0.3 is 16.0 Å². The number of hydrogen-bond acceptors (Lipinski definition) is 3. The van der Waals surface area contributed by atoms with E-state index in [9.17, 15) is 9.59 Å². The molecule has 100 valence electrons. The average molecular weight is 264 g/mol. The van der Waals surface area contributed by atoms with Gasteiger partial charge in [-0.3, -0.25) is 9.59 Å². The molecule has 6 heteroatoms. The molecule has 1 aliphatic rings. The second kappa shape index (κ2) is 7.50. The Hall–Kier alpha value is -0.810. The predicted molar refractivity (Wildman–Crippen MR) is 68.8 cm³/mol. The van der Waals surface area contributed by atoms with Crippen molar-refractivity contribution in [3.63, 3.8) is 0 Å². The second-order valence-corrected chi connectivity index (χ2v) is 4.77. The van der Waals surface area contributed by atoms with Crippen LogP contribution in [0.2, 0.25) is 0 Å². The van der Waals surface area contributed by atoms with Crippen molar-refractivity contribution in [1.29, 1.82) is 0 Å². The van der Waals surface area contributed by atoms with E-state index >= 15 is 0 Å². The molecule has 1 heterocycles. The number of carbonyl (C=O) groups is 2. The van der Waals surface area contributed by atoms with Gasteiger partial charge in [0, 0.05) is 13.1 Å². The maximum Gasteiger partial charge on any atom is 0.237 e. The fraction of sp³-hybridized carbons (Fsp3) is 0.818. The van der Waals surface area contributed by atoms with Crippen LogP contribution < -0.4 is 11.1 Å². The standard InChI is InChI=1S/C11H21N3O2.ClH/c1-8(2)6-14(7-10(12)15)11(16)9-3-4-13-5-9;/h8-9,13H,3-7H2,1-2H3,(H2,12,15);1H. The molecular formula is C11H22ClN3O2. The van der Waals surface area contributed by atoms with Gasteiger partial charge in [0.15, 0.2) is 0 Å². The topological polar surface area (TPSA) is 75.4 Å². The van der Waals surface area contributed by atoms with Crippen LogP contribution in [0.4, 0.5) is 0 Å². The molecular weight excluding hydrogens is 242 g/mol. The van der Waals surface area contributed by atoms with E-state index in [2.05, 4.69) is 5.32 Å². The van der Waals surface area contributed by atoms with E-state index in [1.807, 2.05) is 13.8 Å². The number of primary amides is 1. The third kappa shape index (κ3) is 5.37. The van der Waals surface area contributed by atoms with Gasteiger partial charge >= 0.3 is 0 Å². The smallest absolute Gasteiger partial charge is 0.237 e. The zero-order valence-electron chi connectivity index (χ0n) is 10.4. The lowest BCUT2D eigenvalue weighted by molar-refractivity contribution is -0.138. The van der Waals surface area contributed by atoms with Gasteiger partial charge in [-0.1, -0.05) is 13.8 Å². The highest BCUT2D eigenvalue weighted by Crippen LogP contribution is 2.12. The summed E-state index contributed by atoms with van der Waals surface area (Å²) < 4.78 is 0. The molecule has 0 radical (unpaired) electrons. The van der Waals surface area contributed by atoms with Crippen molar-refractivity contribution in [2.75, 3.05) is 26.2 Å². The van der Waals surface area contributed by atoms with E-state index < -0.39 is 5.91 Å². The van der Waals surface area contributed by atoms with Gasteiger partial charge in [0.25, 0.3) is 0 Å². The van der Waals surface area contributed by atoms with Crippen molar-refractivity contribution in [3.05, 3.63) is 0 Å². The maximum absolute atomic E-state index is 12.1. The van der Waals surface area contributed by atoms with E-state index in [0.29, 0.717) is 19.0 Å². The van der Waals surface area contributed by atoms with Crippen LogP contribution in [0, 0.1) is 11.8 Å². The van der Waals surface area contributed by atoms with Gasteiger partial charge in [0.1, 0.15) is 0 Å². The van der Waals surface area contributed by atoms with E-state index in [0.717, 1.165) is 13.0 Å². The van der Waals surface area contributed by atoms with Gasteiger partial charge in [0.2, 0.25) is 11.8 Å². The van der Waals surface area contributed by atoms with Crippen LogP contribution in [0.15, 0.2) is 0 Å². The quantitative estimate of drug-likeness (QED) is 0.733. The van der Waals surface area contributed by atoms with Gasteiger partial charge in [0.05, 0.1) is 12.5 Å². The number of carbonyl (C=O) groups excluding carboxylic acids is 2. The summed E-state index contributed by atoms with van der Waals surface area (Å²) in [7, 11) is 0. The average Bonchev–Trinajstić information content (AvgIpc) is 2.66. The molecule has 1 aliphatic heterocycles. The minimum atomic E-state index is -0.444. The predicted octanol–water partition coefficient (Wildman–Crippen LogP) is -0.0124. The lowest BCUT2D eigenvalue weighted by Gasteiger charge is -2.25. The summed E-state index contributed by atoms with van der Waals surface area (Å²) in [6, 6.07) is 0. The molecule has 17 heavy (non-hydrogen) atoms. The minimum absolute atomic E-state index is 0. The van der Waals surface area contributed by atoms with Crippen molar-refractivity contribution in [3.8, 4) is 0 Å². The number of nitrogens with two attached hydrogens (primary N) is 1. The van der Waals surface area contributed by atoms with Gasteiger partial charge in [-0.05, 0) is 18.9 Å². The molecule has 0 bridgehead atoms. The monoisotopic (exact) mass is 263 g/mol. The molecule has 0 aliphatic carbocycles. The molecule has 1 atom stereocenters. The summed E-state index contributed by atoms with van der Waals surface area (Å²) in [4.78, 5) is 24.6. The summed E-state index contributed by atoms with van der Waals surface area (Å²) in [6.07, 6.45) is 0.853. The van der Waals surface area contributed by atoms with Crippen LogP contribution in [0.1, 0.15) is 20.3 Å². The molecule has 3 N–H and O–H groups in total. The summed E-state index contributed by atoms with van der Waals surface area (Å²) in [5, 5.41) is 3.15. The molecule has 0 spiro atoms. The van der Waals surface area contributed by atoms with E-state index in [-0.39, 0.29) is 30.8 Å². The Bertz CT molecular complexity index is 265. The Morgan fingerprint density at radius 1 is 1.47 bits per heavy atom. The van der Waals surface area contributed by atoms with Crippen LogP contribution in [0.25, 0.3) is 0 Å². The maximum atomic E-state index is 12.1. The van der Waals surface area contributed by atoms with Gasteiger partial charge in [-0.15, -0.1) is 12.4 Å². The first kappa shape index (κ1) is 16.2. The third-order valence-corrected chi connectivity index (χ3v) is 2.65. The minimum Gasteiger partial charge on any atom is -0.368 e. The molecule has 1 fully saturated rings. The van der Waals surface area contributed by atoms with Crippen molar-refractivity contribution >= 4 is 24.2 Å². The first-order valence-corrected chi connectivity index (χ1v) is 5.78. The van der Waals surface area contributed by atoms with Crippen molar-refractivity contribution < 1.29 is 9.59 Å². The van der Waals surface area contributed by atoms with Gasteiger partial charge in [-0.25, -0.2) is 0 Å². The van der Waals surface area contributed by atoms with E-state index in [4.69, 9.17) is 5.73 Å². The molecule has 0 aromatic carbocycles. The van der Waals surface area contributed by atoms with Crippen LogP contribution >= 0.6 is 12.4 Å². The summed E-state index contributed by atoms with van der Waals surface area (Å²) in [6.45, 7) is 6.27. The molecule has 1 unspecified atom stereocenters. The number of rotatable bonds is 5. The Labute approximate surface area is 109 Å². The Kier molecular flexibility index (Phi) is 7.15. The normalized spacial score (nSPS) is 18.9. The van der Waals surface area contributed by atoms with Crippen molar-refractivity contribution in [2.24, 2.45) is 17.6 Å². The first-order chi connectivity index (χ1) is 7.50. The van der Waals surface area contributed by atoms with Crippen LogP contribution in [0.3, 0.4) is 0 Å². The van der Waals surface area contributed by atoms with Crippen LogP contribution in [-0.4, -0.2) is 42.9 Å². The van der Waals surface area contributed by atoms with Crippen molar-refractivity contribution in [2.45, 2.75) is 20.3 Å². The lowest BCUT2D eigenvalue weighted by Crippen LogP contribution is -2.44. The number of hydrogen-bond donors (Lipinski definition) is 2. The number of amides is 2. The zero-order valence-corrected chi connectivity index (χ0v) is 11.3. The van der Waals surface area contributed by atoms with E-state index in [1.54, 1.807) is 4.90 Å². The molecule has 5 nitrogen and oxygen atoms in total. The first-order valence-electron chi connectivity index (χ1n) is 5.78. The number of nitrogens with one attached hydrogen (secondary N) is 1. The highest BCUT2D eigenvalue weighted by Gasteiger charge is 2.28. The highest BCUT2D eigenvalue weighted by atomic mass is 35.5. The summed E-state index contributed by atoms with van der Waals surface area (Å²) in [5.74, 6) is -0.0341. The highest BCUT2D eigenvalue weighted by molar-refractivity contribution is 5.85. The molecule has 0 aromatic heterocycles. The molecule has 0 saturated carbocycles. The molecule has 1 saturated heterocycles. The number of nitrogens with zero attached hydrogens (tertiary/aromatic N) is 1. The Morgan fingerprint density at radius 3 is 2.53 bits per heavy atom. The zero-order chi connectivity index (χ0) is 12.1. The van der Waals surface area contributed by atoms with E-state index in [1.165, 1.54) is 0 Å². The third-order valence-electron chi connectivity index (χ3n) is 2.65. The Morgan fingerprint density at radius 2 is 2.12 bits per heavy atom. The number of halogens is 1. The molecule has 0 aromatic rings. The molecule has 1 rings (SSSR count). The van der Waals surface area contributed by atoms with Crippen molar-refractivity contribution in [1.82, 2.24) is 10.2 Å². The SMILES string of the molecule is CC(C)CN(CC(N)=O)C(=O)C1CCNC1.Cl. The largest absolute Gasteiger partial charge is 0.368 e. The van der Waals surface area contributed by atoms with Crippen LogP contribution in [0.5, 0.6) is 0 Å². The summed E-state index contributed by atoms with van der Waals surface area (Å²) >= 11 is 0. The summed E-state index contributed by atoms with van der Waals surface area (Å²) in [5.41, 5.74) is 5.16. The second-order valence-electron chi connectivity index (χ2n) is 4.77. The fourth-order valence-corrected chi connectivity index (χ4v) is 1.98.